The quantitative estimate of drug-likeness (QED) is 0.682. The van der Waals surface area contributed by atoms with E-state index in [0.717, 1.165) is 36.8 Å². The van der Waals surface area contributed by atoms with Gasteiger partial charge in [-0.25, -0.2) is 4.98 Å². The van der Waals surface area contributed by atoms with Crippen LogP contribution < -0.4 is 10.6 Å². The molecule has 1 atom stereocenters. The van der Waals surface area contributed by atoms with Crippen molar-refractivity contribution in [3.8, 4) is 11.4 Å². The SMILES string of the molecule is c1cc(-c2n[nH]c(C3CNCCN3)n2)ccn1. The van der Waals surface area contributed by atoms with Crippen LogP contribution >= 0.6 is 0 Å². The third kappa shape index (κ3) is 2.17. The van der Waals surface area contributed by atoms with Gasteiger partial charge in [-0.1, -0.05) is 0 Å². The van der Waals surface area contributed by atoms with E-state index < -0.39 is 0 Å². The molecular formula is C11H14N6. The molecule has 1 unspecified atom stereocenters. The summed E-state index contributed by atoms with van der Waals surface area (Å²) in [5.74, 6) is 1.60. The minimum Gasteiger partial charge on any atom is -0.313 e. The number of aromatic amines is 1. The molecule has 3 heterocycles. The van der Waals surface area contributed by atoms with Crippen molar-refractivity contribution in [3.05, 3.63) is 30.4 Å². The number of nitrogens with one attached hydrogen (secondary N) is 3. The van der Waals surface area contributed by atoms with Gasteiger partial charge >= 0.3 is 0 Å². The van der Waals surface area contributed by atoms with Gasteiger partial charge in [0.1, 0.15) is 5.82 Å². The highest BCUT2D eigenvalue weighted by Gasteiger charge is 2.18. The standard InChI is InChI=1S/C11H14N6/c1-3-12-4-2-8(1)10-15-11(17-16-10)9-7-13-5-6-14-9/h1-4,9,13-14H,5-7H2,(H,15,16,17). The minimum absolute atomic E-state index is 0.215. The number of H-pyrrole nitrogens is 1. The third-order valence-electron chi connectivity index (χ3n) is 2.81. The van der Waals surface area contributed by atoms with E-state index in [1.807, 2.05) is 12.1 Å². The second-order valence-electron chi connectivity index (χ2n) is 3.99. The summed E-state index contributed by atoms with van der Waals surface area (Å²) in [6, 6.07) is 4.02. The highest BCUT2D eigenvalue weighted by Crippen LogP contribution is 2.15. The van der Waals surface area contributed by atoms with Crippen LogP contribution in [0.15, 0.2) is 24.5 Å². The zero-order valence-electron chi connectivity index (χ0n) is 9.35. The molecule has 88 valence electrons. The maximum atomic E-state index is 4.51. The fourth-order valence-corrected chi connectivity index (χ4v) is 1.91. The van der Waals surface area contributed by atoms with Crippen molar-refractivity contribution in [2.45, 2.75) is 6.04 Å². The number of rotatable bonds is 2. The van der Waals surface area contributed by atoms with Gasteiger partial charge in [0.15, 0.2) is 5.82 Å². The van der Waals surface area contributed by atoms with Gasteiger partial charge in [0, 0.05) is 37.6 Å². The summed E-state index contributed by atoms with van der Waals surface area (Å²) < 4.78 is 0. The second kappa shape index (κ2) is 4.60. The molecule has 2 aromatic heterocycles. The van der Waals surface area contributed by atoms with E-state index in [1.54, 1.807) is 12.4 Å². The molecule has 0 amide bonds. The molecule has 3 N–H and O–H groups in total. The maximum Gasteiger partial charge on any atom is 0.181 e. The molecule has 0 spiro atoms. The molecule has 0 bridgehead atoms. The van der Waals surface area contributed by atoms with Gasteiger partial charge in [0.05, 0.1) is 6.04 Å². The monoisotopic (exact) mass is 230 g/mol. The zero-order valence-corrected chi connectivity index (χ0v) is 9.35. The van der Waals surface area contributed by atoms with Crippen molar-refractivity contribution in [2.75, 3.05) is 19.6 Å². The molecule has 2 aromatic rings. The van der Waals surface area contributed by atoms with Crippen LogP contribution in [0.5, 0.6) is 0 Å². The molecule has 6 nitrogen and oxygen atoms in total. The highest BCUT2D eigenvalue weighted by molar-refractivity contribution is 5.53. The summed E-state index contributed by atoms with van der Waals surface area (Å²) in [5, 5.41) is 13.9. The van der Waals surface area contributed by atoms with Gasteiger partial charge in [-0.15, -0.1) is 0 Å². The molecule has 17 heavy (non-hydrogen) atoms. The molecule has 3 rings (SSSR count). The third-order valence-corrected chi connectivity index (χ3v) is 2.81. The lowest BCUT2D eigenvalue weighted by molar-refractivity contribution is 0.416. The van der Waals surface area contributed by atoms with E-state index in [0.29, 0.717) is 0 Å². The van der Waals surface area contributed by atoms with E-state index in [2.05, 4.69) is 30.8 Å². The Morgan fingerprint density at radius 3 is 2.82 bits per heavy atom. The van der Waals surface area contributed by atoms with Crippen LogP contribution in [-0.2, 0) is 0 Å². The molecule has 0 saturated carbocycles. The van der Waals surface area contributed by atoms with Crippen LogP contribution in [0.25, 0.3) is 11.4 Å². The number of aromatic nitrogens is 4. The Morgan fingerprint density at radius 2 is 2.06 bits per heavy atom. The minimum atomic E-state index is 0.215. The average Bonchev–Trinajstić information content (AvgIpc) is 2.90. The Morgan fingerprint density at radius 1 is 1.18 bits per heavy atom. The topological polar surface area (TPSA) is 78.5 Å². The molecular weight excluding hydrogens is 216 g/mol. The molecule has 0 radical (unpaired) electrons. The van der Waals surface area contributed by atoms with Crippen molar-refractivity contribution < 1.29 is 0 Å². The molecule has 1 aliphatic rings. The van der Waals surface area contributed by atoms with Crippen LogP contribution in [0.3, 0.4) is 0 Å². The van der Waals surface area contributed by atoms with Crippen LogP contribution in [0, 0.1) is 0 Å². The summed E-state index contributed by atoms with van der Waals surface area (Å²) >= 11 is 0. The Bertz CT molecular complexity index is 474. The number of pyridine rings is 1. The van der Waals surface area contributed by atoms with Gasteiger partial charge in [-0.2, -0.15) is 5.10 Å². The summed E-state index contributed by atoms with van der Waals surface area (Å²) in [6.45, 7) is 2.84. The van der Waals surface area contributed by atoms with Crippen molar-refractivity contribution in [3.63, 3.8) is 0 Å². The van der Waals surface area contributed by atoms with Gasteiger partial charge in [0.2, 0.25) is 0 Å². The summed E-state index contributed by atoms with van der Waals surface area (Å²) in [4.78, 5) is 8.49. The summed E-state index contributed by atoms with van der Waals surface area (Å²) in [7, 11) is 0. The zero-order chi connectivity index (χ0) is 11.5. The fourth-order valence-electron chi connectivity index (χ4n) is 1.91. The molecule has 6 heteroatoms. The molecule has 0 aromatic carbocycles. The van der Waals surface area contributed by atoms with Gasteiger partial charge in [-0.3, -0.25) is 10.1 Å². The van der Waals surface area contributed by atoms with E-state index in [-0.39, 0.29) is 6.04 Å². The summed E-state index contributed by atoms with van der Waals surface area (Å²) in [5.41, 5.74) is 0.978. The number of nitrogens with zero attached hydrogens (tertiary/aromatic N) is 3. The van der Waals surface area contributed by atoms with Crippen LogP contribution in [-0.4, -0.2) is 39.8 Å². The van der Waals surface area contributed by atoms with Crippen molar-refractivity contribution in [1.82, 2.24) is 30.8 Å². The largest absolute Gasteiger partial charge is 0.313 e. The van der Waals surface area contributed by atoms with E-state index in [4.69, 9.17) is 0 Å². The van der Waals surface area contributed by atoms with Crippen molar-refractivity contribution in [2.24, 2.45) is 0 Å². The number of piperazine rings is 1. The first-order valence-electron chi connectivity index (χ1n) is 5.70. The molecule has 1 aliphatic heterocycles. The Balaban J connectivity index is 1.83. The predicted octanol–water partition coefficient (Wildman–Crippen LogP) is 0.101. The molecule has 1 saturated heterocycles. The first-order valence-corrected chi connectivity index (χ1v) is 5.70. The number of hydrogen-bond donors (Lipinski definition) is 3. The lowest BCUT2D eigenvalue weighted by atomic mass is 10.2. The van der Waals surface area contributed by atoms with Gasteiger partial charge < -0.3 is 10.6 Å². The number of hydrogen-bond acceptors (Lipinski definition) is 5. The fraction of sp³-hybridized carbons (Fsp3) is 0.364. The lowest BCUT2D eigenvalue weighted by Gasteiger charge is -2.22. The Hall–Kier alpha value is -1.79. The van der Waals surface area contributed by atoms with Crippen molar-refractivity contribution in [1.29, 1.82) is 0 Å². The van der Waals surface area contributed by atoms with E-state index in [1.165, 1.54) is 0 Å². The highest BCUT2D eigenvalue weighted by atomic mass is 15.2. The first-order chi connectivity index (χ1) is 8.43. The normalized spacial score (nSPS) is 20.4. The van der Waals surface area contributed by atoms with E-state index in [9.17, 15) is 0 Å². The van der Waals surface area contributed by atoms with Crippen LogP contribution in [0.4, 0.5) is 0 Å². The van der Waals surface area contributed by atoms with Crippen LogP contribution in [0.2, 0.25) is 0 Å². The Kier molecular flexibility index (Phi) is 2.81. The predicted molar refractivity (Wildman–Crippen MR) is 63.2 cm³/mol. The second-order valence-corrected chi connectivity index (χ2v) is 3.99. The first kappa shape index (κ1) is 10.4. The van der Waals surface area contributed by atoms with Gasteiger partial charge in [-0.05, 0) is 12.1 Å². The Labute approximate surface area is 98.9 Å². The summed E-state index contributed by atoms with van der Waals surface area (Å²) in [6.07, 6.45) is 3.48. The van der Waals surface area contributed by atoms with Gasteiger partial charge in [0.25, 0.3) is 0 Å². The smallest absolute Gasteiger partial charge is 0.181 e. The van der Waals surface area contributed by atoms with Crippen molar-refractivity contribution >= 4 is 0 Å². The van der Waals surface area contributed by atoms with E-state index >= 15 is 0 Å². The molecule has 1 fully saturated rings. The van der Waals surface area contributed by atoms with Crippen LogP contribution in [0.1, 0.15) is 11.9 Å². The maximum absolute atomic E-state index is 4.51. The lowest BCUT2D eigenvalue weighted by Crippen LogP contribution is -2.43. The molecule has 0 aliphatic carbocycles. The average molecular weight is 230 g/mol.